The number of anilines is 3. The Balaban J connectivity index is 0.904. The Morgan fingerprint density at radius 3 is 1.04 bits per heavy atom. The minimum absolute atomic E-state index is 0.380. The first kappa shape index (κ1) is 41.9. The predicted octanol–water partition coefficient (Wildman–Crippen LogP) is 16.6. The molecule has 14 rings (SSSR count). The van der Waals surface area contributed by atoms with Crippen LogP contribution in [0.5, 0.6) is 0 Å². The van der Waals surface area contributed by atoms with Gasteiger partial charge in [-0.3, -0.25) is 9.13 Å². The lowest BCUT2D eigenvalue weighted by molar-refractivity contribution is 0.501. The van der Waals surface area contributed by atoms with E-state index in [1.54, 1.807) is 12.1 Å². The van der Waals surface area contributed by atoms with E-state index in [0.717, 1.165) is 88.1 Å². The summed E-state index contributed by atoms with van der Waals surface area (Å²) in [5, 5.41) is 6.77. The summed E-state index contributed by atoms with van der Waals surface area (Å²) >= 11 is 0. The number of hydrogen-bond donors (Lipinski definition) is 0. The molecule has 0 atom stereocenters. The van der Waals surface area contributed by atoms with Gasteiger partial charge in [-0.1, -0.05) is 164 Å². The number of para-hydroxylation sites is 2. The minimum atomic E-state index is -0.380. The highest BCUT2D eigenvalue weighted by atomic mass is 16.4. The van der Waals surface area contributed by atoms with E-state index in [2.05, 4.69) is 163 Å². The van der Waals surface area contributed by atoms with Gasteiger partial charge in [-0.25, -0.2) is 9.59 Å². The maximum absolute atomic E-state index is 13.4. The second kappa shape index (κ2) is 16.9. The molecule has 0 aliphatic rings. The van der Waals surface area contributed by atoms with Crippen LogP contribution in [0.4, 0.5) is 17.1 Å². The van der Waals surface area contributed by atoms with Gasteiger partial charge in [0.1, 0.15) is 0 Å². The summed E-state index contributed by atoms with van der Waals surface area (Å²) in [6, 6.07) is 85.0. The van der Waals surface area contributed by atoms with Crippen molar-refractivity contribution in [2.24, 2.45) is 0 Å². The van der Waals surface area contributed by atoms with Crippen LogP contribution in [0.25, 0.3) is 110 Å². The van der Waals surface area contributed by atoms with Gasteiger partial charge in [0, 0.05) is 50.7 Å². The molecule has 14 aromatic rings. The SMILES string of the molecule is O=c1oc(-n2c3ccccc3c3cc(N(c4ccc(-c5ccc(-c6ccc(-c7ccccc7)cc6)cc5)cc4)c4ccc5c(c4)c4ccccc4n5-c4cc5ccccc5c(=O)o4)ccc32)cc2ccccc12. The molecule has 7 heteroatoms. The lowest BCUT2D eigenvalue weighted by atomic mass is 9.98. The first-order chi connectivity index (χ1) is 36.0. The van der Waals surface area contributed by atoms with Crippen LogP contribution in [-0.2, 0) is 0 Å². The first-order valence-corrected chi connectivity index (χ1v) is 24.3. The minimum Gasteiger partial charge on any atom is -0.405 e. The Kier molecular flexibility index (Phi) is 9.69. The van der Waals surface area contributed by atoms with Crippen molar-refractivity contribution in [1.82, 2.24) is 9.13 Å². The van der Waals surface area contributed by atoms with Crippen LogP contribution >= 0.6 is 0 Å². The average Bonchev–Trinajstić information content (AvgIpc) is 3.96. The topological polar surface area (TPSA) is 73.5 Å². The van der Waals surface area contributed by atoms with E-state index in [1.807, 2.05) is 88.0 Å². The number of fused-ring (bicyclic) bond motifs is 8. The molecule has 7 nitrogen and oxygen atoms in total. The van der Waals surface area contributed by atoms with Crippen LogP contribution in [0, 0.1) is 0 Å². The summed E-state index contributed by atoms with van der Waals surface area (Å²) in [6.07, 6.45) is 0. The summed E-state index contributed by atoms with van der Waals surface area (Å²) in [6.45, 7) is 0. The van der Waals surface area contributed by atoms with Crippen molar-refractivity contribution in [3.63, 3.8) is 0 Å². The van der Waals surface area contributed by atoms with E-state index in [0.29, 0.717) is 22.5 Å². The van der Waals surface area contributed by atoms with Crippen molar-refractivity contribution in [2.75, 3.05) is 4.90 Å². The number of nitrogens with zero attached hydrogens (tertiary/aromatic N) is 3. The third-order valence-corrected chi connectivity index (χ3v) is 14.3. The molecule has 0 fully saturated rings. The second-order valence-electron chi connectivity index (χ2n) is 18.4. The van der Waals surface area contributed by atoms with E-state index in [-0.39, 0.29) is 11.3 Å². The van der Waals surface area contributed by atoms with Gasteiger partial charge in [0.2, 0.25) is 11.8 Å². The molecule has 0 amide bonds. The molecule has 0 bridgehead atoms. The molecule has 0 radical (unpaired) electrons. The molecule has 0 N–H and O–H groups in total. The van der Waals surface area contributed by atoms with Crippen molar-refractivity contribution in [3.05, 3.63) is 270 Å². The molecule has 0 aliphatic carbocycles. The van der Waals surface area contributed by atoms with Crippen LogP contribution in [0.2, 0.25) is 0 Å². The zero-order valence-electron chi connectivity index (χ0n) is 39.1. The third-order valence-electron chi connectivity index (χ3n) is 14.3. The van der Waals surface area contributed by atoms with Gasteiger partial charge in [0.05, 0.1) is 32.8 Å². The van der Waals surface area contributed by atoms with E-state index < -0.39 is 0 Å². The van der Waals surface area contributed by atoms with Crippen LogP contribution < -0.4 is 16.2 Å². The van der Waals surface area contributed by atoms with Crippen LogP contribution in [-0.4, -0.2) is 9.13 Å². The van der Waals surface area contributed by atoms with Gasteiger partial charge in [-0.15, -0.1) is 0 Å². The Morgan fingerprint density at radius 2 is 0.603 bits per heavy atom. The first-order valence-electron chi connectivity index (χ1n) is 24.3. The maximum Gasteiger partial charge on any atom is 0.345 e. The maximum atomic E-state index is 13.4. The summed E-state index contributed by atoms with van der Waals surface area (Å²) in [4.78, 5) is 29.0. The molecule has 0 saturated heterocycles. The molecule has 4 heterocycles. The predicted molar refractivity (Wildman–Crippen MR) is 298 cm³/mol. The van der Waals surface area contributed by atoms with Crippen LogP contribution in [0.1, 0.15) is 0 Å². The Morgan fingerprint density at radius 1 is 0.274 bits per heavy atom. The normalized spacial score (nSPS) is 11.7. The molecule has 0 saturated carbocycles. The fraction of sp³-hybridized carbons (Fsp3) is 0. The summed E-state index contributed by atoms with van der Waals surface area (Å²) < 4.78 is 16.2. The quantitative estimate of drug-likeness (QED) is 0.152. The number of hydrogen-bond acceptors (Lipinski definition) is 5. The monoisotopic (exact) mass is 939 g/mol. The molecule has 0 unspecified atom stereocenters. The molecule has 4 aromatic heterocycles. The van der Waals surface area contributed by atoms with Crippen molar-refractivity contribution in [3.8, 4) is 45.1 Å². The lowest BCUT2D eigenvalue weighted by Crippen LogP contribution is -2.10. The second-order valence-corrected chi connectivity index (χ2v) is 18.4. The van der Waals surface area contributed by atoms with Gasteiger partial charge in [-0.2, -0.15) is 0 Å². The van der Waals surface area contributed by atoms with Gasteiger partial charge >= 0.3 is 11.3 Å². The highest BCUT2D eigenvalue weighted by molar-refractivity contribution is 6.12. The highest BCUT2D eigenvalue weighted by Gasteiger charge is 2.22. The standard InChI is InChI=1S/C66H41N3O4/c70-65-53-16-6-4-14-48(53)38-63(72-65)68-59-20-10-8-18-55(59)57-40-51(34-36-61(57)68)67(50-32-30-47(31-33-50)46-28-26-45(27-29-46)44-24-22-43(23-25-44)42-12-2-1-3-13-42)52-35-37-62-58(41-52)56-19-9-11-21-60(56)69(62)64-39-49-15-5-7-17-54(49)66(71)73-64/h1-41H. The molecular formula is C66H41N3O4. The fourth-order valence-corrected chi connectivity index (χ4v) is 10.7. The van der Waals surface area contributed by atoms with Gasteiger partial charge in [0.15, 0.2) is 0 Å². The Labute approximate surface area is 417 Å². The van der Waals surface area contributed by atoms with E-state index in [9.17, 15) is 9.59 Å². The Hall–Kier alpha value is -9.98. The molecule has 10 aromatic carbocycles. The van der Waals surface area contributed by atoms with Gasteiger partial charge < -0.3 is 13.7 Å². The molecule has 73 heavy (non-hydrogen) atoms. The molecule has 344 valence electrons. The number of benzene rings is 10. The average molecular weight is 940 g/mol. The number of aromatic nitrogens is 2. The largest absolute Gasteiger partial charge is 0.405 e. The van der Waals surface area contributed by atoms with Crippen molar-refractivity contribution in [2.45, 2.75) is 0 Å². The van der Waals surface area contributed by atoms with Gasteiger partial charge in [0.25, 0.3) is 0 Å². The van der Waals surface area contributed by atoms with Crippen molar-refractivity contribution in [1.29, 1.82) is 0 Å². The zero-order valence-corrected chi connectivity index (χ0v) is 39.1. The van der Waals surface area contributed by atoms with Crippen molar-refractivity contribution >= 4 is 82.2 Å². The lowest BCUT2D eigenvalue weighted by Gasteiger charge is -2.26. The smallest absolute Gasteiger partial charge is 0.345 e. The molecular weight excluding hydrogens is 899 g/mol. The molecule has 0 aliphatic heterocycles. The Bertz CT molecular complexity index is 4370. The fourth-order valence-electron chi connectivity index (χ4n) is 10.7. The number of rotatable bonds is 8. The van der Waals surface area contributed by atoms with Crippen molar-refractivity contribution < 1.29 is 8.83 Å². The highest BCUT2D eigenvalue weighted by Crippen LogP contribution is 2.43. The van der Waals surface area contributed by atoms with E-state index >= 15 is 0 Å². The van der Waals surface area contributed by atoms with Gasteiger partial charge in [-0.05, 0) is 117 Å². The summed E-state index contributed by atoms with van der Waals surface area (Å²) in [5.41, 5.74) is 12.7. The summed E-state index contributed by atoms with van der Waals surface area (Å²) in [5.74, 6) is 0.904. The van der Waals surface area contributed by atoms with E-state index in [4.69, 9.17) is 8.83 Å². The van der Waals surface area contributed by atoms with Crippen LogP contribution in [0.15, 0.2) is 267 Å². The van der Waals surface area contributed by atoms with E-state index in [1.165, 1.54) is 16.7 Å². The zero-order chi connectivity index (χ0) is 48.6. The summed E-state index contributed by atoms with van der Waals surface area (Å²) in [7, 11) is 0. The molecule has 0 spiro atoms. The third kappa shape index (κ3) is 7.05. The van der Waals surface area contributed by atoms with Crippen LogP contribution in [0.3, 0.4) is 0 Å².